The third-order valence-electron chi connectivity index (χ3n) is 2.71. The van der Waals surface area contributed by atoms with Gasteiger partial charge in [0.05, 0.1) is 5.52 Å². The van der Waals surface area contributed by atoms with Crippen molar-refractivity contribution in [3.8, 4) is 0 Å². The predicted molar refractivity (Wildman–Crippen MR) is 59.3 cm³/mol. The lowest BCUT2D eigenvalue weighted by Crippen LogP contribution is -1.94. The summed E-state index contributed by atoms with van der Waals surface area (Å²) in [6.45, 7) is 4.11. The highest BCUT2D eigenvalue weighted by atomic mass is 19.1. The van der Waals surface area contributed by atoms with E-state index in [1.807, 2.05) is 6.92 Å². The average molecular weight is 224 g/mol. The lowest BCUT2D eigenvalue weighted by molar-refractivity contribution is 0.590. The minimum Gasteiger partial charge on any atom is -0.342 e. The van der Waals surface area contributed by atoms with Crippen molar-refractivity contribution >= 4 is 11.0 Å². The summed E-state index contributed by atoms with van der Waals surface area (Å²) in [4.78, 5) is 7.15. The third kappa shape index (κ3) is 1.92. The number of imidazole rings is 1. The molecule has 0 saturated heterocycles. The van der Waals surface area contributed by atoms with E-state index >= 15 is 0 Å². The van der Waals surface area contributed by atoms with Crippen LogP contribution in [0.2, 0.25) is 0 Å². The molecule has 16 heavy (non-hydrogen) atoms. The van der Waals surface area contributed by atoms with Gasteiger partial charge in [0.1, 0.15) is 17.2 Å². The Kier molecular flexibility index (Phi) is 2.90. The number of nitrogens with zero attached hydrogens (tertiary/aromatic N) is 1. The van der Waals surface area contributed by atoms with E-state index < -0.39 is 11.6 Å². The fourth-order valence-corrected chi connectivity index (χ4v) is 1.86. The summed E-state index contributed by atoms with van der Waals surface area (Å²) in [6, 6.07) is 2.13. The van der Waals surface area contributed by atoms with Gasteiger partial charge in [-0.25, -0.2) is 13.8 Å². The van der Waals surface area contributed by atoms with Gasteiger partial charge in [-0.3, -0.25) is 0 Å². The Hall–Kier alpha value is -1.45. The van der Waals surface area contributed by atoms with Crippen LogP contribution in [0.15, 0.2) is 12.1 Å². The molecule has 0 fully saturated rings. The largest absolute Gasteiger partial charge is 0.342 e. The van der Waals surface area contributed by atoms with E-state index in [0.29, 0.717) is 5.52 Å². The molecule has 86 valence electrons. The van der Waals surface area contributed by atoms with Crippen molar-refractivity contribution in [3.63, 3.8) is 0 Å². The Bertz CT molecular complexity index is 505. The number of aromatic nitrogens is 2. The van der Waals surface area contributed by atoms with Crippen LogP contribution in [0.25, 0.3) is 11.0 Å². The highest BCUT2D eigenvalue weighted by Crippen LogP contribution is 2.23. The maximum atomic E-state index is 13.4. The zero-order valence-electron chi connectivity index (χ0n) is 9.35. The van der Waals surface area contributed by atoms with E-state index in [0.717, 1.165) is 24.7 Å². The molecule has 1 unspecified atom stereocenters. The van der Waals surface area contributed by atoms with Crippen LogP contribution in [-0.4, -0.2) is 9.97 Å². The van der Waals surface area contributed by atoms with Gasteiger partial charge in [-0.05, 0) is 12.5 Å². The third-order valence-corrected chi connectivity index (χ3v) is 2.71. The molecule has 1 N–H and O–H groups in total. The molecule has 1 heterocycles. The van der Waals surface area contributed by atoms with Gasteiger partial charge >= 0.3 is 0 Å². The zero-order valence-corrected chi connectivity index (χ0v) is 9.35. The molecule has 0 radical (unpaired) electrons. The first-order valence-corrected chi connectivity index (χ1v) is 5.46. The van der Waals surface area contributed by atoms with Gasteiger partial charge in [-0.1, -0.05) is 20.3 Å². The Balaban J connectivity index is 2.47. The number of H-pyrrole nitrogens is 1. The predicted octanol–water partition coefficient (Wildman–Crippen LogP) is 3.74. The van der Waals surface area contributed by atoms with Gasteiger partial charge in [0.2, 0.25) is 0 Å². The number of hydrogen-bond acceptors (Lipinski definition) is 1. The number of benzene rings is 1. The lowest BCUT2D eigenvalue weighted by atomic mass is 10.1. The summed E-state index contributed by atoms with van der Waals surface area (Å²) >= 11 is 0. The molecule has 0 saturated carbocycles. The van der Waals surface area contributed by atoms with Crippen LogP contribution in [0.4, 0.5) is 8.78 Å². The quantitative estimate of drug-likeness (QED) is 0.845. The number of hydrogen-bond donors (Lipinski definition) is 1. The van der Waals surface area contributed by atoms with Gasteiger partial charge in [0.25, 0.3) is 0 Å². The maximum absolute atomic E-state index is 13.4. The lowest BCUT2D eigenvalue weighted by Gasteiger charge is -2.04. The first-order chi connectivity index (χ1) is 7.61. The van der Waals surface area contributed by atoms with E-state index in [-0.39, 0.29) is 11.4 Å². The second-order valence-corrected chi connectivity index (χ2v) is 4.10. The molecule has 1 aromatic carbocycles. The topological polar surface area (TPSA) is 28.7 Å². The molecule has 0 amide bonds. The normalized spacial score (nSPS) is 13.2. The number of aromatic amines is 1. The van der Waals surface area contributed by atoms with Crippen molar-refractivity contribution in [1.82, 2.24) is 9.97 Å². The number of rotatable bonds is 3. The summed E-state index contributed by atoms with van der Waals surface area (Å²) in [6.07, 6.45) is 2.01. The first kappa shape index (κ1) is 11.0. The van der Waals surface area contributed by atoms with Crippen LogP contribution < -0.4 is 0 Å². The van der Waals surface area contributed by atoms with Crippen LogP contribution in [0, 0.1) is 11.6 Å². The highest BCUT2D eigenvalue weighted by molar-refractivity contribution is 5.75. The van der Waals surface area contributed by atoms with Gasteiger partial charge in [-0.15, -0.1) is 0 Å². The molecule has 1 aromatic heterocycles. The summed E-state index contributed by atoms with van der Waals surface area (Å²) in [5.74, 6) is -0.231. The van der Waals surface area contributed by atoms with Crippen molar-refractivity contribution in [3.05, 3.63) is 29.6 Å². The number of fused-ring (bicyclic) bond motifs is 1. The monoisotopic (exact) mass is 224 g/mol. The Morgan fingerprint density at radius 3 is 2.81 bits per heavy atom. The van der Waals surface area contributed by atoms with E-state index in [9.17, 15) is 8.78 Å². The standard InChI is InChI=1S/C12H14F2N2/c1-3-4-7(2)12-15-10-6-8(13)5-9(14)11(10)16-12/h5-7H,3-4H2,1-2H3,(H,15,16). The van der Waals surface area contributed by atoms with Gasteiger partial charge < -0.3 is 4.98 Å². The van der Waals surface area contributed by atoms with E-state index in [1.165, 1.54) is 6.07 Å². The van der Waals surface area contributed by atoms with Crippen LogP contribution in [-0.2, 0) is 0 Å². The number of nitrogens with one attached hydrogen (secondary N) is 1. The van der Waals surface area contributed by atoms with E-state index in [1.54, 1.807) is 0 Å². The summed E-state index contributed by atoms with van der Waals surface area (Å²) < 4.78 is 26.4. The van der Waals surface area contributed by atoms with Crippen molar-refractivity contribution in [2.24, 2.45) is 0 Å². The zero-order chi connectivity index (χ0) is 11.7. The Morgan fingerprint density at radius 2 is 2.12 bits per heavy atom. The maximum Gasteiger partial charge on any atom is 0.153 e. The number of halogens is 2. The first-order valence-electron chi connectivity index (χ1n) is 5.46. The molecule has 0 aliphatic carbocycles. The summed E-state index contributed by atoms with van der Waals surface area (Å²) in [5, 5.41) is 0. The van der Waals surface area contributed by atoms with Gasteiger partial charge in [-0.2, -0.15) is 0 Å². The fourth-order valence-electron chi connectivity index (χ4n) is 1.86. The van der Waals surface area contributed by atoms with Crippen LogP contribution in [0.5, 0.6) is 0 Å². The van der Waals surface area contributed by atoms with Crippen LogP contribution in [0.1, 0.15) is 38.4 Å². The molecule has 4 heteroatoms. The molecular formula is C12H14F2N2. The van der Waals surface area contributed by atoms with Crippen LogP contribution >= 0.6 is 0 Å². The SMILES string of the molecule is CCCC(C)c1nc2c(F)cc(F)cc2[nH]1. The summed E-state index contributed by atoms with van der Waals surface area (Å²) in [5.41, 5.74) is 0.648. The van der Waals surface area contributed by atoms with Crippen molar-refractivity contribution in [1.29, 1.82) is 0 Å². The second-order valence-electron chi connectivity index (χ2n) is 4.10. The fraction of sp³-hybridized carbons (Fsp3) is 0.417. The van der Waals surface area contributed by atoms with E-state index in [2.05, 4.69) is 16.9 Å². The molecule has 0 bridgehead atoms. The molecule has 2 aromatic rings. The smallest absolute Gasteiger partial charge is 0.153 e. The molecule has 0 aliphatic heterocycles. The van der Waals surface area contributed by atoms with Crippen molar-refractivity contribution in [2.75, 3.05) is 0 Å². The van der Waals surface area contributed by atoms with Gasteiger partial charge in [0, 0.05) is 12.0 Å². The Labute approximate surface area is 92.7 Å². The van der Waals surface area contributed by atoms with E-state index in [4.69, 9.17) is 0 Å². The van der Waals surface area contributed by atoms with Gasteiger partial charge in [0.15, 0.2) is 5.82 Å². The summed E-state index contributed by atoms with van der Waals surface area (Å²) in [7, 11) is 0. The Morgan fingerprint density at radius 1 is 1.38 bits per heavy atom. The molecule has 2 rings (SSSR count). The minimum absolute atomic E-state index is 0.222. The molecule has 1 atom stereocenters. The molecular weight excluding hydrogens is 210 g/mol. The average Bonchev–Trinajstić information content (AvgIpc) is 2.62. The second kappa shape index (κ2) is 4.20. The van der Waals surface area contributed by atoms with Crippen molar-refractivity contribution < 1.29 is 8.78 Å². The molecule has 2 nitrogen and oxygen atoms in total. The van der Waals surface area contributed by atoms with Crippen molar-refractivity contribution in [2.45, 2.75) is 32.6 Å². The van der Waals surface area contributed by atoms with Crippen LogP contribution in [0.3, 0.4) is 0 Å². The molecule has 0 spiro atoms. The molecule has 0 aliphatic rings. The minimum atomic E-state index is -0.610. The highest BCUT2D eigenvalue weighted by Gasteiger charge is 2.13.